The summed E-state index contributed by atoms with van der Waals surface area (Å²) < 4.78 is 27.6. The Morgan fingerprint density at radius 2 is 1.86 bits per heavy atom. The van der Waals surface area contributed by atoms with Gasteiger partial charge in [-0.2, -0.15) is 8.42 Å². The molecule has 0 radical (unpaired) electrons. The van der Waals surface area contributed by atoms with Gasteiger partial charge in [-0.3, -0.25) is 4.18 Å². The fourth-order valence-electron chi connectivity index (χ4n) is 1.47. The summed E-state index contributed by atoms with van der Waals surface area (Å²) in [6, 6.07) is 6.89. The van der Waals surface area contributed by atoms with E-state index in [1.54, 1.807) is 37.3 Å². The van der Waals surface area contributed by atoms with Crippen LogP contribution in [-0.4, -0.2) is 32.7 Å². The van der Waals surface area contributed by atoms with E-state index in [9.17, 15) is 8.42 Å². The third-order valence-electron chi connectivity index (χ3n) is 2.61. The Bertz CT molecular complexity index is 522. The van der Waals surface area contributed by atoms with E-state index in [1.807, 2.05) is 0 Å². The molecule has 0 N–H and O–H groups in total. The minimum absolute atomic E-state index is 0.133. The first-order valence-corrected chi connectivity index (χ1v) is 8.99. The fourth-order valence-corrected chi connectivity index (χ4v) is 2.37. The molecule has 0 saturated heterocycles. The molecule has 0 spiro atoms. The molecule has 0 aliphatic heterocycles. The molecule has 114 valence electrons. The Morgan fingerprint density at radius 3 is 2.24 bits per heavy atom. The van der Waals surface area contributed by atoms with Crippen LogP contribution in [0.2, 0.25) is 10.1 Å². The summed E-state index contributed by atoms with van der Waals surface area (Å²) in [5.74, 6) is 0. The molecule has 0 bridgehead atoms. The van der Waals surface area contributed by atoms with Crippen LogP contribution >= 0.6 is 11.6 Å². The van der Waals surface area contributed by atoms with Crippen LogP contribution in [0.15, 0.2) is 29.2 Å². The molecule has 0 aliphatic carbocycles. The molecule has 21 heavy (non-hydrogen) atoms. The number of hydrogen-bond donors (Lipinski definition) is 0. The Kier molecular flexibility index (Phi) is 11.2. The van der Waals surface area contributed by atoms with E-state index < -0.39 is 10.1 Å². The first-order chi connectivity index (χ1) is 9.87. The molecule has 0 fully saturated rings. The van der Waals surface area contributed by atoms with Gasteiger partial charge in [-0.15, -0.1) is 0 Å². The first-order valence-electron chi connectivity index (χ1n) is 7.20. The van der Waals surface area contributed by atoms with Crippen LogP contribution in [0.4, 0.5) is 0 Å². The molecule has 1 rings (SSSR count). The summed E-state index contributed by atoms with van der Waals surface area (Å²) >= 11 is 7.94. The Balaban J connectivity index is 0.000000690. The molecule has 1 aromatic carbocycles. The third-order valence-corrected chi connectivity index (χ3v) is 4.32. The number of benzene rings is 1. The molecule has 0 unspecified atom stereocenters. The number of allylic oxidation sites excluding steroid dienone is 1. The van der Waals surface area contributed by atoms with Crippen molar-refractivity contribution in [1.82, 2.24) is 0 Å². The van der Waals surface area contributed by atoms with Crippen molar-refractivity contribution in [3.63, 3.8) is 0 Å². The van der Waals surface area contributed by atoms with Crippen LogP contribution in [-0.2, 0) is 14.3 Å². The van der Waals surface area contributed by atoms with E-state index in [0.29, 0.717) is 5.02 Å². The second-order valence-electron chi connectivity index (χ2n) is 4.52. The van der Waals surface area contributed by atoms with E-state index in [-0.39, 0.29) is 11.5 Å². The zero-order valence-corrected chi connectivity index (χ0v) is 14.8. The Labute approximate surface area is 143 Å². The molecule has 0 saturated carbocycles. The summed E-state index contributed by atoms with van der Waals surface area (Å²) in [6.45, 7) is 5.48. The minimum atomic E-state index is -3.59. The number of unbranched alkanes of at least 4 members (excludes halogenated alkanes) is 1. The van der Waals surface area contributed by atoms with Gasteiger partial charge in [0.2, 0.25) is 0 Å². The van der Waals surface area contributed by atoms with Crippen LogP contribution in [0, 0.1) is 0 Å². The van der Waals surface area contributed by atoms with E-state index in [0.717, 1.165) is 5.56 Å². The average Bonchev–Trinajstić information content (AvgIpc) is 2.43. The van der Waals surface area contributed by atoms with Crippen molar-refractivity contribution < 1.29 is 12.6 Å². The number of halogens is 1. The topological polar surface area (TPSA) is 43.4 Å². The molecular weight excluding hydrogens is 303 g/mol. The van der Waals surface area contributed by atoms with Crippen molar-refractivity contribution in [2.75, 3.05) is 6.61 Å². The molecule has 0 heterocycles. The molecule has 0 amide bonds. The molecule has 3 nitrogen and oxygen atoms in total. The summed E-state index contributed by atoms with van der Waals surface area (Å²) in [5.41, 5.74) is 0.769. The van der Waals surface area contributed by atoms with Gasteiger partial charge < -0.3 is 0 Å². The molecule has 0 aromatic heterocycles. The van der Waals surface area contributed by atoms with Crippen molar-refractivity contribution in [2.24, 2.45) is 0 Å². The van der Waals surface area contributed by atoms with Gasteiger partial charge in [0.1, 0.15) is 0 Å². The van der Waals surface area contributed by atoms with Gasteiger partial charge in [0.05, 0.1) is 11.5 Å². The van der Waals surface area contributed by atoms with Gasteiger partial charge in [-0.05, 0) is 37.6 Å². The van der Waals surface area contributed by atoms with E-state index in [2.05, 4.69) is 28.8 Å². The first kappa shape index (κ1) is 20.8. The molecule has 0 aliphatic rings. The number of hydrogen-bond acceptors (Lipinski definition) is 3. The average molecular weight is 325 g/mol. The quantitative estimate of drug-likeness (QED) is 0.574. The van der Waals surface area contributed by atoms with Gasteiger partial charge >= 0.3 is 42.6 Å². The fraction of sp³-hybridized carbons (Fsp3) is 0.467. The summed E-state index contributed by atoms with van der Waals surface area (Å²) in [6.07, 6.45) is 4.28. The van der Waals surface area contributed by atoms with Crippen LogP contribution in [0.25, 0.3) is 6.08 Å². The van der Waals surface area contributed by atoms with Gasteiger partial charge in [0, 0.05) is 5.02 Å². The monoisotopic (exact) mass is 324 g/mol. The molecule has 1 aromatic rings. The van der Waals surface area contributed by atoms with Crippen LogP contribution in [0.5, 0.6) is 0 Å². The normalized spacial score (nSPS) is 11.8. The van der Waals surface area contributed by atoms with Gasteiger partial charge in [-0.1, -0.05) is 23.7 Å². The van der Waals surface area contributed by atoms with Gasteiger partial charge in [0.25, 0.3) is 10.1 Å². The van der Waals surface area contributed by atoms with Gasteiger partial charge in [0.15, 0.2) is 0 Å². The van der Waals surface area contributed by atoms with Crippen molar-refractivity contribution in [1.29, 1.82) is 0 Å². The maximum atomic E-state index is 11.5. The van der Waals surface area contributed by atoms with Crippen molar-refractivity contribution in [2.45, 2.75) is 38.7 Å². The summed E-state index contributed by atoms with van der Waals surface area (Å²) in [5, 5.41) is 1.96. The number of rotatable bonds is 6. The second-order valence-corrected chi connectivity index (χ2v) is 6.75. The predicted molar refractivity (Wildman–Crippen MR) is 91.1 cm³/mol. The van der Waals surface area contributed by atoms with Crippen LogP contribution in [0.1, 0.15) is 39.2 Å². The van der Waals surface area contributed by atoms with Crippen molar-refractivity contribution in [3.8, 4) is 0 Å². The van der Waals surface area contributed by atoms with E-state index >= 15 is 0 Å². The standard InChI is InChI=1S/C11H13ClO3S.C4H9.Li/c1-3-15-16(13,14)9(2)8-10-4-6-11(12)7-5-10;1-3-4-2;/h4-8H,3H2,1-2H3;1,3-4H2,2H3;. The Hall–Kier alpha value is -0.243. The Morgan fingerprint density at radius 1 is 1.29 bits per heavy atom. The second kappa shape index (κ2) is 11.3. The van der Waals surface area contributed by atoms with Crippen LogP contribution in [0.3, 0.4) is 0 Å². The van der Waals surface area contributed by atoms with Gasteiger partial charge in [-0.25, -0.2) is 0 Å². The van der Waals surface area contributed by atoms with Crippen molar-refractivity contribution >= 4 is 45.5 Å². The summed E-state index contributed by atoms with van der Waals surface area (Å²) in [4.78, 5) is 0.177. The molecule has 6 heteroatoms. The molecule has 0 atom stereocenters. The van der Waals surface area contributed by atoms with E-state index in [1.165, 1.54) is 24.9 Å². The summed E-state index contributed by atoms with van der Waals surface area (Å²) in [7, 11) is -3.59. The zero-order chi connectivity index (χ0) is 16.3. The predicted octanol–water partition coefficient (Wildman–Crippen LogP) is 4.44. The van der Waals surface area contributed by atoms with E-state index in [4.69, 9.17) is 11.6 Å². The third kappa shape index (κ3) is 9.39. The molecular formula is C15H22ClLiO3S. The SMILES string of the molecule is CCOS(=O)(=O)C(C)=Cc1ccc(Cl)cc1.[Li][CH2]CCC. The van der Waals surface area contributed by atoms with Crippen LogP contribution < -0.4 is 0 Å². The maximum absolute atomic E-state index is 11.5. The van der Waals surface area contributed by atoms with Crippen molar-refractivity contribution in [3.05, 3.63) is 39.8 Å². The zero-order valence-electron chi connectivity index (χ0n) is 13.2.